The SMILES string of the molecule is CCOC(=O)Cc1csc(N2C(=O)C(O)=C(C(=O)c3ccc(OC)cc3)C2c2ccccc2)n1. The van der Waals surface area contributed by atoms with Gasteiger partial charge in [0.2, 0.25) is 0 Å². The fourth-order valence-corrected chi connectivity index (χ4v) is 4.58. The summed E-state index contributed by atoms with van der Waals surface area (Å²) in [7, 11) is 1.52. The average molecular weight is 479 g/mol. The molecule has 1 atom stereocenters. The number of thiazole rings is 1. The van der Waals surface area contributed by atoms with Gasteiger partial charge in [-0.15, -0.1) is 11.3 Å². The number of hydrogen-bond acceptors (Lipinski definition) is 8. The molecule has 0 fully saturated rings. The second-order valence-electron chi connectivity index (χ2n) is 7.41. The quantitative estimate of drug-likeness (QED) is 0.385. The lowest BCUT2D eigenvalue weighted by molar-refractivity contribution is -0.142. The molecule has 0 spiro atoms. The number of rotatable bonds is 8. The molecule has 2 heterocycles. The lowest BCUT2D eigenvalue weighted by Crippen LogP contribution is -2.31. The second-order valence-corrected chi connectivity index (χ2v) is 8.25. The number of ketones is 1. The molecule has 0 bridgehead atoms. The van der Waals surface area contributed by atoms with Crippen LogP contribution in [0.3, 0.4) is 0 Å². The van der Waals surface area contributed by atoms with Crippen molar-refractivity contribution < 1.29 is 29.0 Å². The summed E-state index contributed by atoms with van der Waals surface area (Å²) in [4.78, 5) is 44.2. The fraction of sp³-hybridized carbons (Fsp3) is 0.200. The zero-order valence-corrected chi connectivity index (χ0v) is 19.4. The number of carbonyl (C=O) groups is 3. The first-order valence-corrected chi connectivity index (χ1v) is 11.4. The Hall–Kier alpha value is -3.98. The smallest absolute Gasteiger partial charge is 0.311 e. The summed E-state index contributed by atoms with van der Waals surface area (Å²) >= 11 is 1.15. The third kappa shape index (κ3) is 4.42. The third-order valence-corrected chi connectivity index (χ3v) is 6.19. The van der Waals surface area contributed by atoms with Gasteiger partial charge < -0.3 is 14.6 Å². The van der Waals surface area contributed by atoms with E-state index in [1.807, 2.05) is 6.07 Å². The summed E-state index contributed by atoms with van der Waals surface area (Å²) < 4.78 is 10.1. The van der Waals surface area contributed by atoms with E-state index in [4.69, 9.17) is 9.47 Å². The van der Waals surface area contributed by atoms with Crippen molar-refractivity contribution in [3.8, 4) is 5.75 Å². The van der Waals surface area contributed by atoms with Crippen molar-refractivity contribution in [2.45, 2.75) is 19.4 Å². The van der Waals surface area contributed by atoms with Crippen molar-refractivity contribution >= 4 is 34.1 Å². The molecule has 2 aromatic carbocycles. The summed E-state index contributed by atoms with van der Waals surface area (Å²) in [6, 6.07) is 14.5. The van der Waals surface area contributed by atoms with Crippen LogP contribution in [0.2, 0.25) is 0 Å². The summed E-state index contributed by atoms with van der Waals surface area (Å²) in [5, 5.41) is 12.7. The molecule has 0 aliphatic carbocycles. The number of ether oxygens (including phenoxy) is 2. The summed E-state index contributed by atoms with van der Waals surface area (Å²) in [6.07, 6.45) is -0.0422. The van der Waals surface area contributed by atoms with Gasteiger partial charge in [0.25, 0.3) is 5.91 Å². The van der Waals surface area contributed by atoms with Gasteiger partial charge in [-0.05, 0) is 36.8 Å². The molecule has 3 aromatic rings. The predicted octanol–water partition coefficient (Wildman–Crippen LogP) is 4.04. The van der Waals surface area contributed by atoms with Crippen molar-refractivity contribution in [3.63, 3.8) is 0 Å². The third-order valence-electron chi connectivity index (χ3n) is 5.30. The van der Waals surface area contributed by atoms with Gasteiger partial charge in [-0.2, -0.15) is 0 Å². The van der Waals surface area contributed by atoms with Crippen LogP contribution in [0.1, 0.15) is 34.6 Å². The molecule has 8 nitrogen and oxygen atoms in total. The number of carbonyl (C=O) groups excluding carboxylic acids is 3. The highest BCUT2D eigenvalue weighted by molar-refractivity contribution is 7.14. The molecule has 174 valence electrons. The average Bonchev–Trinajstić information content (AvgIpc) is 3.41. The number of benzene rings is 2. The number of amides is 1. The lowest BCUT2D eigenvalue weighted by Gasteiger charge is -2.24. The first kappa shape index (κ1) is 23.2. The van der Waals surface area contributed by atoms with E-state index in [0.29, 0.717) is 22.6 Å². The monoisotopic (exact) mass is 478 g/mol. The van der Waals surface area contributed by atoms with E-state index < -0.39 is 29.5 Å². The molecule has 0 saturated heterocycles. The number of methoxy groups -OCH3 is 1. The van der Waals surface area contributed by atoms with Gasteiger partial charge in [-0.3, -0.25) is 19.3 Å². The maximum absolute atomic E-state index is 13.5. The number of hydrogen-bond donors (Lipinski definition) is 1. The maximum Gasteiger partial charge on any atom is 0.311 e. The Bertz CT molecular complexity index is 1250. The molecule has 1 aliphatic rings. The van der Waals surface area contributed by atoms with Gasteiger partial charge in [-0.25, -0.2) is 4.98 Å². The van der Waals surface area contributed by atoms with Gasteiger partial charge >= 0.3 is 5.97 Å². The molecular weight excluding hydrogens is 456 g/mol. The Morgan fingerprint density at radius 1 is 1.12 bits per heavy atom. The summed E-state index contributed by atoms with van der Waals surface area (Å²) in [6.45, 7) is 1.97. The lowest BCUT2D eigenvalue weighted by atomic mass is 9.93. The Morgan fingerprint density at radius 3 is 2.47 bits per heavy atom. The molecule has 0 saturated carbocycles. The maximum atomic E-state index is 13.5. The Kier molecular flexibility index (Phi) is 6.74. The highest BCUT2D eigenvalue weighted by Crippen LogP contribution is 2.42. The van der Waals surface area contributed by atoms with E-state index in [-0.39, 0.29) is 23.7 Å². The van der Waals surface area contributed by atoms with Gasteiger partial charge in [-0.1, -0.05) is 30.3 Å². The van der Waals surface area contributed by atoms with Crippen LogP contribution in [0, 0.1) is 0 Å². The number of aliphatic hydroxyl groups excluding tert-OH is 1. The predicted molar refractivity (Wildman–Crippen MR) is 126 cm³/mol. The molecule has 34 heavy (non-hydrogen) atoms. The van der Waals surface area contributed by atoms with Gasteiger partial charge in [0, 0.05) is 10.9 Å². The van der Waals surface area contributed by atoms with Gasteiger partial charge in [0.05, 0.1) is 37.4 Å². The van der Waals surface area contributed by atoms with E-state index >= 15 is 0 Å². The minimum absolute atomic E-state index is 0.0384. The van der Waals surface area contributed by atoms with E-state index in [9.17, 15) is 19.5 Å². The Labute approximate surface area is 200 Å². The fourth-order valence-electron chi connectivity index (χ4n) is 3.73. The summed E-state index contributed by atoms with van der Waals surface area (Å²) in [5.41, 5.74) is 1.34. The minimum Gasteiger partial charge on any atom is -0.503 e. The molecule has 4 rings (SSSR count). The topological polar surface area (TPSA) is 106 Å². The largest absolute Gasteiger partial charge is 0.503 e. The Balaban J connectivity index is 1.74. The van der Waals surface area contributed by atoms with Crippen LogP contribution < -0.4 is 9.64 Å². The van der Waals surface area contributed by atoms with Crippen LogP contribution in [-0.2, 0) is 20.7 Å². The van der Waals surface area contributed by atoms with Crippen molar-refractivity contribution in [1.29, 1.82) is 0 Å². The van der Waals surface area contributed by atoms with E-state index in [2.05, 4.69) is 4.98 Å². The molecule has 9 heteroatoms. The van der Waals surface area contributed by atoms with Crippen molar-refractivity contribution in [1.82, 2.24) is 4.98 Å². The molecule has 1 unspecified atom stereocenters. The second kappa shape index (κ2) is 9.88. The van der Waals surface area contributed by atoms with E-state index in [1.165, 1.54) is 12.0 Å². The van der Waals surface area contributed by atoms with E-state index in [0.717, 1.165) is 11.3 Å². The molecule has 1 aromatic heterocycles. The highest BCUT2D eigenvalue weighted by atomic mass is 32.1. The van der Waals surface area contributed by atoms with Crippen LogP contribution in [0.15, 0.2) is 71.3 Å². The first-order valence-electron chi connectivity index (χ1n) is 10.5. The van der Waals surface area contributed by atoms with Crippen molar-refractivity contribution in [2.24, 2.45) is 0 Å². The van der Waals surface area contributed by atoms with Crippen LogP contribution in [0.4, 0.5) is 5.13 Å². The van der Waals surface area contributed by atoms with E-state index in [1.54, 1.807) is 60.8 Å². The zero-order chi connectivity index (χ0) is 24.2. The zero-order valence-electron chi connectivity index (χ0n) is 18.6. The number of nitrogens with zero attached hydrogens (tertiary/aromatic N) is 2. The Morgan fingerprint density at radius 2 is 1.82 bits per heavy atom. The van der Waals surface area contributed by atoms with Gasteiger partial charge in [0.1, 0.15) is 5.75 Å². The molecule has 1 N–H and O–H groups in total. The minimum atomic E-state index is -0.884. The molecular formula is C25H22N2O6S. The van der Waals surface area contributed by atoms with Gasteiger partial charge in [0.15, 0.2) is 16.7 Å². The molecule has 1 aliphatic heterocycles. The highest BCUT2D eigenvalue weighted by Gasteiger charge is 2.45. The first-order chi connectivity index (χ1) is 16.4. The number of esters is 1. The number of aromatic nitrogens is 1. The summed E-state index contributed by atoms with van der Waals surface area (Å²) in [5.74, 6) is -1.69. The van der Waals surface area contributed by atoms with Crippen LogP contribution >= 0.6 is 11.3 Å². The van der Waals surface area contributed by atoms with Crippen LogP contribution in [0.25, 0.3) is 0 Å². The standard InChI is InChI=1S/C25H22N2O6S/c1-3-33-19(28)13-17-14-34-25(26-17)27-21(15-7-5-4-6-8-15)20(23(30)24(27)31)22(29)16-9-11-18(32-2)12-10-16/h4-12,14,21,30H,3,13H2,1-2H3. The van der Waals surface area contributed by atoms with Crippen molar-refractivity contribution in [2.75, 3.05) is 18.6 Å². The molecule has 1 amide bonds. The van der Waals surface area contributed by atoms with Crippen molar-refractivity contribution in [3.05, 3.63) is 88.1 Å². The normalized spacial score (nSPS) is 15.5. The number of aliphatic hydroxyl groups is 1. The van der Waals surface area contributed by atoms with Crippen LogP contribution in [-0.4, -0.2) is 41.5 Å². The number of Topliss-reactive ketones (excluding diaryl/α,β-unsaturated/α-hetero) is 1. The number of anilines is 1. The molecule has 0 radical (unpaired) electrons. The van der Waals surface area contributed by atoms with Crippen LogP contribution in [0.5, 0.6) is 5.75 Å².